The highest BCUT2D eigenvalue weighted by atomic mass is 32.1. The van der Waals surface area contributed by atoms with Gasteiger partial charge >= 0.3 is 8.25 Å². The molecule has 0 aliphatic carbocycles. The molecule has 2 saturated heterocycles. The van der Waals surface area contributed by atoms with Crippen LogP contribution in [0.2, 0.25) is 0 Å². The highest BCUT2D eigenvalue weighted by Gasteiger charge is 2.35. The Morgan fingerprint density at radius 1 is 0.600 bits per heavy atom. The predicted molar refractivity (Wildman–Crippen MR) is 243 cm³/mol. The van der Waals surface area contributed by atoms with Crippen molar-refractivity contribution in [1.82, 2.24) is 9.80 Å². The number of carbonyl (C=O) groups excluding carboxylic acids is 2. The summed E-state index contributed by atoms with van der Waals surface area (Å²) in [6, 6.07) is 34.8. The van der Waals surface area contributed by atoms with Gasteiger partial charge in [0.05, 0.1) is 22.7 Å². The van der Waals surface area contributed by atoms with Crippen LogP contribution in [0.3, 0.4) is 0 Å². The lowest BCUT2D eigenvalue weighted by Crippen LogP contribution is -2.37. The van der Waals surface area contributed by atoms with Crippen molar-refractivity contribution in [3.8, 4) is 20.9 Å². The van der Waals surface area contributed by atoms with Crippen LogP contribution in [0.4, 0.5) is 22.7 Å². The molecule has 0 atom stereocenters. The molecule has 2 aliphatic heterocycles. The fraction of sp³-hybridized carbons (Fsp3) is 0.261. The van der Waals surface area contributed by atoms with Crippen molar-refractivity contribution < 1.29 is 23.2 Å². The molecule has 0 saturated carbocycles. The summed E-state index contributed by atoms with van der Waals surface area (Å²) in [5.74, 6) is -0.414. The van der Waals surface area contributed by atoms with Crippen LogP contribution >= 0.6 is 30.9 Å². The van der Waals surface area contributed by atoms with E-state index in [9.17, 15) is 14.2 Å². The maximum atomic E-state index is 13.1. The third-order valence-electron chi connectivity index (χ3n) is 11.0. The van der Waals surface area contributed by atoms with Gasteiger partial charge in [-0.25, -0.2) is 0 Å². The maximum absolute atomic E-state index is 13.1. The number of nitrogen functional groups attached to an aromatic ring is 2. The summed E-state index contributed by atoms with van der Waals surface area (Å²) in [7, 11) is -2.21. The van der Waals surface area contributed by atoms with Crippen molar-refractivity contribution >= 4 is 65.5 Å². The van der Waals surface area contributed by atoms with Gasteiger partial charge in [-0.05, 0) is 119 Å². The molecular formula is C46H48N6O5PS2+. The van der Waals surface area contributed by atoms with Crippen LogP contribution in [0.5, 0.6) is 0 Å². The van der Waals surface area contributed by atoms with Gasteiger partial charge in [-0.1, -0.05) is 48.5 Å². The smallest absolute Gasteiger partial charge is 0.397 e. The average Bonchev–Trinajstić information content (AvgIpc) is 4.01. The van der Waals surface area contributed by atoms with Crippen LogP contribution in [-0.2, 0) is 26.7 Å². The number of hydrogen-bond acceptors (Lipinski definition) is 11. The number of piperidine rings is 2. The molecule has 2 amide bonds. The van der Waals surface area contributed by atoms with Crippen molar-refractivity contribution in [2.45, 2.75) is 51.0 Å². The molecule has 308 valence electrons. The summed E-state index contributed by atoms with van der Waals surface area (Å²) in [5, 5.41) is 9.98. The topological polar surface area (TPSA) is 152 Å². The zero-order valence-electron chi connectivity index (χ0n) is 33.1. The molecule has 2 aliphatic rings. The van der Waals surface area contributed by atoms with Gasteiger partial charge < -0.3 is 22.1 Å². The second-order valence-electron chi connectivity index (χ2n) is 15.2. The van der Waals surface area contributed by atoms with E-state index in [0.717, 1.165) is 97.0 Å². The fourth-order valence-electron chi connectivity index (χ4n) is 7.56. The first kappa shape index (κ1) is 41.5. The van der Waals surface area contributed by atoms with Gasteiger partial charge in [0, 0.05) is 64.7 Å². The Hall–Kier alpha value is -5.24. The number of anilines is 4. The maximum Gasteiger partial charge on any atom is 0.697 e. The van der Waals surface area contributed by atoms with Crippen LogP contribution in [0.25, 0.3) is 20.9 Å². The minimum absolute atomic E-state index is 0.111. The molecule has 8 rings (SSSR count). The summed E-state index contributed by atoms with van der Waals surface area (Å²) < 4.78 is 24.7. The summed E-state index contributed by atoms with van der Waals surface area (Å²) in [5.41, 5.74) is 20.0. The molecule has 2 fully saturated rings. The largest absolute Gasteiger partial charge is 0.697 e. The number of hydrogen-bond donors (Lipinski definition) is 4. The molecule has 4 heterocycles. The Labute approximate surface area is 359 Å². The molecule has 60 heavy (non-hydrogen) atoms. The lowest BCUT2D eigenvalue weighted by molar-refractivity contribution is 0.0552. The van der Waals surface area contributed by atoms with Crippen molar-refractivity contribution in [2.75, 3.05) is 48.3 Å². The second-order valence-corrected chi connectivity index (χ2v) is 18.0. The molecule has 6 N–H and O–H groups in total. The Balaban J connectivity index is 0.721. The van der Waals surface area contributed by atoms with E-state index in [1.165, 1.54) is 0 Å². The minimum atomic E-state index is -2.21. The monoisotopic (exact) mass is 859 g/mol. The number of benzene rings is 4. The molecule has 0 radical (unpaired) electrons. The number of thiophene rings is 2. The van der Waals surface area contributed by atoms with Gasteiger partial charge in [-0.3, -0.25) is 19.4 Å². The number of amides is 2. The van der Waals surface area contributed by atoms with Crippen LogP contribution in [0.1, 0.15) is 57.5 Å². The molecule has 6 aromatic rings. The van der Waals surface area contributed by atoms with Gasteiger partial charge in [-0.2, -0.15) is 0 Å². The number of rotatable bonds is 14. The highest BCUT2D eigenvalue weighted by molar-refractivity contribution is 7.33. The lowest BCUT2D eigenvalue weighted by Gasteiger charge is -2.30. The standard InChI is InChI=1S/C46H47N6O5PS2/c47-39-15-13-35(43-3-1-25-59-43)27-41(39)49-45(53)33-9-5-31(6-10-33)29-51-21-17-37(18-22-51)56-58(55)57-38-19-23-52(24-20-38)30-32-7-11-34(12-8-32)46(54)50-42-28-36(14-16-40(42)48)44-4-2-26-60-44/h1-16,25-28,37-38H,17-24,29-30,47-48H2,(H-,49,50,53,54)/p+1. The number of nitrogens with zero attached hydrogens (tertiary/aromatic N) is 2. The molecule has 2 aromatic heterocycles. The molecule has 0 bridgehead atoms. The average molecular weight is 860 g/mol. The quantitative estimate of drug-likeness (QED) is 0.0620. The zero-order chi connectivity index (χ0) is 41.4. The van der Waals surface area contributed by atoms with Crippen LogP contribution in [0.15, 0.2) is 120 Å². The Morgan fingerprint density at radius 2 is 1.00 bits per heavy atom. The Bertz CT molecular complexity index is 2230. The SMILES string of the molecule is Nc1ccc(-c2cccs2)cc1NC(=O)c1ccc(CN2CCC(O[P+](=O)OC3CCN(Cc4ccc(C(=O)Nc5cc(-c6cccs6)ccc5N)cc4)CC3)CC2)cc1. The van der Waals surface area contributed by atoms with Crippen molar-refractivity contribution in [2.24, 2.45) is 0 Å². The highest BCUT2D eigenvalue weighted by Crippen LogP contribution is 2.35. The minimum Gasteiger partial charge on any atom is -0.397 e. The molecular weight excluding hydrogens is 812 g/mol. The van der Waals surface area contributed by atoms with E-state index in [4.69, 9.17) is 20.5 Å². The first-order valence-corrected chi connectivity index (χ1v) is 23.0. The Morgan fingerprint density at radius 3 is 1.37 bits per heavy atom. The van der Waals surface area contributed by atoms with E-state index in [0.29, 0.717) is 33.9 Å². The van der Waals surface area contributed by atoms with Crippen molar-refractivity contribution in [1.29, 1.82) is 0 Å². The summed E-state index contributed by atoms with van der Waals surface area (Å²) in [6.45, 7) is 4.78. The molecule has 14 heteroatoms. The van der Waals surface area contributed by atoms with Crippen LogP contribution in [0, 0.1) is 0 Å². The summed E-state index contributed by atoms with van der Waals surface area (Å²) >= 11 is 3.28. The van der Waals surface area contributed by atoms with Gasteiger partial charge in [-0.15, -0.1) is 31.7 Å². The fourth-order valence-corrected chi connectivity index (χ4v) is 9.97. The van der Waals surface area contributed by atoms with Gasteiger partial charge in [0.2, 0.25) is 0 Å². The third-order valence-corrected chi connectivity index (χ3v) is 13.8. The summed E-state index contributed by atoms with van der Waals surface area (Å²) in [4.78, 5) is 33.0. The van der Waals surface area contributed by atoms with Gasteiger partial charge in [0.25, 0.3) is 11.8 Å². The first-order chi connectivity index (χ1) is 29.2. The number of nitrogens with two attached hydrogens (primary N) is 2. The summed E-state index contributed by atoms with van der Waals surface area (Å²) in [6.07, 6.45) is 2.86. The normalized spacial score (nSPS) is 15.5. The van der Waals surface area contributed by atoms with Gasteiger partial charge in [0.15, 0.2) is 0 Å². The van der Waals surface area contributed by atoms with E-state index in [-0.39, 0.29) is 24.0 Å². The van der Waals surface area contributed by atoms with Crippen molar-refractivity contribution in [3.63, 3.8) is 0 Å². The molecule has 0 spiro atoms. The Kier molecular flexibility index (Phi) is 13.4. The molecule has 0 unspecified atom stereocenters. The number of nitrogens with one attached hydrogen (secondary N) is 2. The zero-order valence-corrected chi connectivity index (χ0v) is 35.7. The molecule has 11 nitrogen and oxygen atoms in total. The van der Waals surface area contributed by atoms with E-state index in [1.807, 2.05) is 120 Å². The van der Waals surface area contributed by atoms with Gasteiger partial charge in [0.1, 0.15) is 12.2 Å². The number of likely N-dealkylation sites (tertiary alicyclic amines) is 2. The third kappa shape index (κ3) is 10.7. The first-order valence-electron chi connectivity index (χ1n) is 20.2. The molecule has 4 aromatic carbocycles. The van der Waals surface area contributed by atoms with E-state index < -0.39 is 8.25 Å². The van der Waals surface area contributed by atoms with E-state index in [2.05, 4.69) is 20.4 Å². The van der Waals surface area contributed by atoms with E-state index in [1.54, 1.807) is 22.7 Å². The van der Waals surface area contributed by atoms with Crippen LogP contribution < -0.4 is 22.1 Å². The number of carbonyl (C=O) groups is 2. The van der Waals surface area contributed by atoms with E-state index >= 15 is 0 Å². The van der Waals surface area contributed by atoms with Crippen molar-refractivity contribution in [3.05, 3.63) is 142 Å². The second kappa shape index (κ2) is 19.4. The predicted octanol–water partition coefficient (Wildman–Crippen LogP) is 10.1. The lowest BCUT2D eigenvalue weighted by atomic mass is 10.1. The van der Waals surface area contributed by atoms with Crippen LogP contribution in [-0.4, -0.2) is 60.0 Å².